The number of hydrogen-bond acceptors (Lipinski definition) is 5. The van der Waals surface area contributed by atoms with Gasteiger partial charge in [0.05, 0.1) is 12.7 Å². The number of H-pyrrole nitrogens is 1. The Hall–Kier alpha value is -1.22. The average molecular weight is 385 g/mol. The van der Waals surface area contributed by atoms with Crippen LogP contribution in [0.1, 0.15) is 54.2 Å². The Morgan fingerprint density at radius 1 is 1.23 bits per heavy atom. The van der Waals surface area contributed by atoms with Crippen molar-refractivity contribution in [2.75, 3.05) is 6.61 Å². The van der Waals surface area contributed by atoms with E-state index in [0.717, 1.165) is 0 Å². The van der Waals surface area contributed by atoms with Gasteiger partial charge in [-0.25, -0.2) is 4.79 Å². The molecule has 3 atom stereocenters. The Balaban J connectivity index is 2.13. The van der Waals surface area contributed by atoms with Gasteiger partial charge in [-0.05, 0) is 16.6 Å². The topological polar surface area (TPSA) is 93.5 Å². The van der Waals surface area contributed by atoms with E-state index < -0.39 is 38.0 Å². The first-order valence-corrected chi connectivity index (χ1v) is 11.5. The lowest BCUT2D eigenvalue weighted by Crippen LogP contribution is -2.49. The summed E-state index contributed by atoms with van der Waals surface area (Å²) in [5.74, 6) is 0. The highest BCUT2D eigenvalue weighted by Crippen LogP contribution is 2.43. The summed E-state index contributed by atoms with van der Waals surface area (Å²) >= 11 is 0. The van der Waals surface area contributed by atoms with Crippen LogP contribution in [0.5, 0.6) is 0 Å². The van der Waals surface area contributed by atoms with Crippen molar-refractivity contribution < 1.29 is 14.3 Å². The maximum atomic E-state index is 11.9. The second kappa shape index (κ2) is 8.20. The lowest BCUT2D eigenvalue weighted by atomic mass is 10.2. The number of nitrogens with one attached hydrogen (secondary N) is 1. The Labute approximate surface area is 155 Å². The van der Waals surface area contributed by atoms with Crippen molar-refractivity contribution in [3.63, 3.8) is 0 Å². The van der Waals surface area contributed by atoms with Crippen LogP contribution in [-0.4, -0.2) is 41.8 Å². The maximum Gasteiger partial charge on any atom is 0.330 e. The standard InChI is InChI=1S/C18H32N2O5Si/c1-11(2)26(12(3)4,13(5)6)24-10-15-14(21)9-17(25-15)20-8-7-16(22)19-18(20)23/h7-8,11-15,17,21H,9-10H2,1-6H3,(H,19,22,23)/t14?,15-,17-/m0/s1. The third kappa shape index (κ3) is 4.03. The highest BCUT2D eigenvalue weighted by molar-refractivity contribution is 6.77. The van der Waals surface area contributed by atoms with E-state index in [1.165, 1.54) is 16.8 Å². The van der Waals surface area contributed by atoms with Gasteiger partial charge in [0.2, 0.25) is 0 Å². The minimum absolute atomic E-state index is 0.291. The number of aromatic nitrogens is 2. The van der Waals surface area contributed by atoms with Crippen LogP contribution in [0, 0.1) is 0 Å². The fourth-order valence-electron chi connectivity index (χ4n) is 4.42. The summed E-state index contributed by atoms with van der Waals surface area (Å²) in [4.78, 5) is 25.4. The van der Waals surface area contributed by atoms with Gasteiger partial charge in [-0.3, -0.25) is 14.3 Å². The number of aromatic amines is 1. The van der Waals surface area contributed by atoms with Crippen LogP contribution in [0.3, 0.4) is 0 Å². The normalized spacial score (nSPS) is 24.2. The van der Waals surface area contributed by atoms with Crippen LogP contribution >= 0.6 is 0 Å². The molecule has 1 aromatic rings. The quantitative estimate of drug-likeness (QED) is 0.704. The molecule has 26 heavy (non-hydrogen) atoms. The Bertz CT molecular complexity index is 690. The van der Waals surface area contributed by atoms with Crippen LogP contribution < -0.4 is 11.2 Å². The van der Waals surface area contributed by atoms with Crippen molar-refractivity contribution in [1.29, 1.82) is 0 Å². The van der Waals surface area contributed by atoms with E-state index in [1.807, 2.05) is 0 Å². The number of nitrogens with zero attached hydrogens (tertiary/aromatic N) is 1. The number of rotatable bonds is 7. The number of aliphatic hydroxyl groups excluding tert-OH is 1. The molecule has 148 valence electrons. The Morgan fingerprint density at radius 2 is 1.81 bits per heavy atom. The van der Waals surface area contributed by atoms with E-state index in [4.69, 9.17) is 9.16 Å². The van der Waals surface area contributed by atoms with E-state index in [2.05, 4.69) is 46.5 Å². The molecular weight excluding hydrogens is 352 g/mol. The molecule has 1 fully saturated rings. The predicted molar refractivity (Wildman–Crippen MR) is 103 cm³/mol. The monoisotopic (exact) mass is 384 g/mol. The van der Waals surface area contributed by atoms with E-state index in [-0.39, 0.29) is 0 Å². The first-order valence-electron chi connectivity index (χ1n) is 9.38. The molecule has 0 radical (unpaired) electrons. The van der Waals surface area contributed by atoms with Gasteiger partial charge in [-0.15, -0.1) is 0 Å². The molecule has 0 aromatic carbocycles. The van der Waals surface area contributed by atoms with E-state index >= 15 is 0 Å². The Morgan fingerprint density at radius 3 is 2.31 bits per heavy atom. The minimum atomic E-state index is -2.05. The first kappa shape index (κ1) is 21.1. The summed E-state index contributed by atoms with van der Waals surface area (Å²) in [7, 11) is -2.05. The van der Waals surface area contributed by atoms with Crippen LogP contribution in [0.4, 0.5) is 0 Å². The molecule has 2 rings (SSSR count). The summed E-state index contributed by atoms with van der Waals surface area (Å²) < 4.78 is 13.7. The van der Waals surface area contributed by atoms with Gasteiger partial charge in [-0.1, -0.05) is 41.5 Å². The summed E-state index contributed by atoms with van der Waals surface area (Å²) in [6, 6.07) is 1.27. The lowest BCUT2D eigenvalue weighted by Gasteiger charge is -2.42. The van der Waals surface area contributed by atoms with Crippen LogP contribution in [0.2, 0.25) is 16.6 Å². The zero-order valence-corrected chi connectivity index (χ0v) is 17.6. The molecule has 0 amide bonds. The van der Waals surface area contributed by atoms with Gasteiger partial charge in [0.1, 0.15) is 12.3 Å². The van der Waals surface area contributed by atoms with Gasteiger partial charge in [0, 0.05) is 18.7 Å². The molecule has 2 heterocycles. The molecule has 8 heteroatoms. The van der Waals surface area contributed by atoms with E-state index in [9.17, 15) is 14.7 Å². The van der Waals surface area contributed by atoms with E-state index in [1.54, 1.807) is 0 Å². The summed E-state index contributed by atoms with van der Waals surface area (Å²) in [5, 5.41) is 10.4. The largest absolute Gasteiger partial charge is 0.413 e. The lowest BCUT2D eigenvalue weighted by molar-refractivity contribution is -0.0438. The minimum Gasteiger partial charge on any atom is -0.413 e. The van der Waals surface area contributed by atoms with Crippen molar-refractivity contribution in [1.82, 2.24) is 9.55 Å². The average Bonchev–Trinajstić information content (AvgIpc) is 2.87. The molecule has 2 N–H and O–H groups in total. The van der Waals surface area contributed by atoms with Crippen molar-refractivity contribution in [2.24, 2.45) is 0 Å². The summed E-state index contributed by atoms with van der Waals surface area (Å²) in [6.07, 6.45) is -0.105. The summed E-state index contributed by atoms with van der Waals surface area (Å²) in [5.41, 5.74) is 0.341. The third-order valence-electron chi connectivity index (χ3n) is 5.57. The molecular formula is C18H32N2O5Si. The van der Waals surface area contributed by atoms with Crippen molar-refractivity contribution in [2.45, 2.75) is 83.0 Å². The van der Waals surface area contributed by atoms with Gasteiger partial charge in [0.25, 0.3) is 5.56 Å². The van der Waals surface area contributed by atoms with Gasteiger partial charge in [-0.2, -0.15) is 0 Å². The second-order valence-corrected chi connectivity index (χ2v) is 13.5. The van der Waals surface area contributed by atoms with Gasteiger partial charge < -0.3 is 14.3 Å². The first-order chi connectivity index (χ1) is 12.1. The highest BCUT2D eigenvalue weighted by atomic mass is 28.4. The Kier molecular flexibility index (Phi) is 6.65. The van der Waals surface area contributed by atoms with Crippen LogP contribution in [-0.2, 0) is 9.16 Å². The molecule has 7 nitrogen and oxygen atoms in total. The SMILES string of the molecule is CC(C)[Si](OC[C@@H]1O[C@H](n2ccc(=O)[nH]c2=O)CC1O)(C(C)C)C(C)C. The van der Waals surface area contributed by atoms with Gasteiger partial charge in [0.15, 0.2) is 8.32 Å². The van der Waals surface area contributed by atoms with Gasteiger partial charge >= 0.3 is 5.69 Å². The fraction of sp³-hybridized carbons (Fsp3) is 0.778. The molecule has 1 unspecified atom stereocenters. The van der Waals surface area contributed by atoms with Crippen molar-refractivity contribution in [3.8, 4) is 0 Å². The molecule has 0 spiro atoms. The smallest absolute Gasteiger partial charge is 0.330 e. The molecule has 1 aliphatic rings. The molecule has 0 saturated carbocycles. The molecule has 1 aliphatic heterocycles. The zero-order chi connectivity index (χ0) is 19.6. The highest BCUT2D eigenvalue weighted by Gasteiger charge is 2.46. The zero-order valence-electron chi connectivity index (χ0n) is 16.6. The number of hydrogen-bond donors (Lipinski definition) is 2. The van der Waals surface area contributed by atoms with Crippen LogP contribution in [0.25, 0.3) is 0 Å². The third-order valence-corrected chi connectivity index (χ3v) is 11.7. The fourth-order valence-corrected chi connectivity index (χ4v) is 9.87. The number of aliphatic hydroxyl groups is 1. The van der Waals surface area contributed by atoms with Crippen molar-refractivity contribution in [3.05, 3.63) is 33.1 Å². The maximum absolute atomic E-state index is 11.9. The van der Waals surface area contributed by atoms with Crippen LogP contribution in [0.15, 0.2) is 21.9 Å². The van der Waals surface area contributed by atoms with E-state index in [0.29, 0.717) is 29.7 Å². The molecule has 0 aliphatic carbocycles. The molecule has 1 saturated heterocycles. The second-order valence-electron chi connectivity index (χ2n) is 8.08. The predicted octanol–water partition coefficient (Wildman–Crippen LogP) is 2.38. The molecule has 1 aromatic heterocycles. The summed E-state index contributed by atoms with van der Waals surface area (Å²) in [6.45, 7) is 13.6. The van der Waals surface area contributed by atoms with Crippen molar-refractivity contribution >= 4 is 8.32 Å². The molecule has 0 bridgehead atoms. The number of ether oxygens (including phenoxy) is 1.